The second-order valence-electron chi connectivity index (χ2n) is 12.8. The maximum absolute atomic E-state index is 14.5. The molecule has 2 aromatic heterocycles. The van der Waals surface area contributed by atoms with E-state index < -0.39 is 23.7 Å². The topological polar surface area (TPSA) is 146 Å². The molecule has 6 rings (SSSR count). The summed E-state index contributed by atoms with van der Waals surface area (Å²) < 4.78 is 32.9. The van der Waals surface area contributed by atoms with E-state index in [9.17, 15) is 28.0 Å². The van der Waals surface area contributed by atoms with Crippen molar-refractivity contribution in [3.05, 3.63) is 48.0 Å². The molecule has 0 bridgehead atoms. The Bertz CT molecular complexity index is 1890. The fraction of sp³-hybridized carbons (Fsp3) is 0.471. The van der Waals surface area contributed by atoms with Crippen molar-refractivity contribution in [2.75, 3.05) is 26.7 Å². The van der Waals surface area contributed by atoms with Gasteiger partial charge in [0.1, 0.15) is 23.7 Å². The summed E-state index contributed by atoms with van der Waals surface area (Å²) in [4.78, 5) is 63.4. The van der Waals surface area contributed by atoms with Crippen molar-refractivity contribution in [1.82, 2.24) is 44.9 Å². The van der Waals surface area contributed by atoms with Crippen LogP contribution in [0.5, 0.6) is 0 Å². The van der Waals surface area contributed by atoms with E-state index in [0.29, 0.717) is 79.1 Å². The number of likely N-dealkylation sites (N-methyl/N-ethyl adjacent to an activating group) is 1. The molecule has 2 aliphatic rings. The molecule has 4 heterocycles. The van der Waals surface area contributed by atoms with Gasteiger partial charge >= 0.3 is 0 Å². The number of fused-ring (bicyclic) bond motifs is 2. The summed E-state index contributed by atoms with van der Waals surface area (Å²) in [6.07, 6.45) is 3.47. The molecule has 4 atom stereocenters. The standard InChI is InChI=1S/C34H41F2N9O4/c1-20(38-19-46)33(48)42-12-4-6-24(42)17-44-28-10-8-22(35)14-26(28)40-31(44)32-41-27-15-23(36)9-11-29(27)45(32)18-25-7-5-13-43(25)34(49)21(2)39-30(47)16-37-3/h8-11,14-15,19-21,24-25,37H,4-7,12-13,16-18H2,1-3H3,(H,38,46)(H,39,47). The molecule has 49 heavy (non-hydrogen) atoms. The average molecular weight is 678 g/mol. The number of hydrogen-bond donors (Lipinski definition) is 3. The molecule has 0 aliphatic carbocycles. The average Bonchev–Trinajstić information content (AvgIpc) is 3.86. The molecule has 4 amide bonds. The maximum atomic E-state index is 14.5. The third-order valence-electron chi connectivity index (χ3n) is 9.50. The van der Waals surface area contributed by atoms with Crippen LogP contribution in [0.15, 0.2) is 36.4 Å². The van der Waals surface area contributed by atoms with E-state index in [4.69, 9.17) is 9.97 Å². The van der Waals surface area contributed by atoms with Crippen LogP contribution in [-0.2, 0) is 32.3 Å². The second kappa shape index (κ2) is 14.3. The van der Waals surface area contributed by atoms with Crippen LogP contribution >= 0.6 is 0 Å². The van der Waals surface area contributed by atoms with E-state index in [-0.39, 0.29) is 36.3 Å². The Hall–Kier alpha value is -4.92. The Labute approximate surface area is 282 Å². The van der Waals surface area contributed by atoms with Gasteiger partial charge < -0.3 is 34.9 Å². The number of rotatable bonds is 12. The summed E-state index contributed by atoms with van der Waals surface area (Å²) in [6, 6.07) is 6.79. The zero-order chi connectivity index (χ0) is 34.8. The second-order valence-corrected chi connectivity index (χ2v) is 12.8. The van der Waals surface area contributed by atoms with Gasteiger partial charge in [-0.1, -0.05) is 0 Å². The largest absolute Gasteiger partial charge is 0.347 e. The van der Waals surface area contributed by atoms with Gasteiger partial charge in [-0.3, -0.25) is 19.2 Å². The number of nitrogens with zero attached hydrogens (tertiary/aromatic N) is 6. The lowest BCUT2D eigenvalue weighted by Crippen LogP contribution is -2.50. The highest BCUT2D eigenvalue weighted by Crippen LogP contribution is 2.32. The molecule has 0 spiro atoms. The molecular weight excluding hydrogens is 636 g/mol. The number of halogens is 2. The van der Waals surface area contributed by atoms with E-state index in [1.807, 2.05) is 9.13 Å². The van der Waals surface area contributed by atoms with Gasteiger partial charge in [0.25, 0.3) is 0 Å². The van der Waals surface area contributed by atoms with Crippen LogP contribution in [0.2, 0.25) is 0 Å². The zero-order valence-corrected chi connectivity index (χ0v) is 27.8. The van der Waals surface area contributed by atoms with E-state index in [1.54, 1.807) is 42.8 Å². The van der Waals surface area contributed by atoms with E-state index in [2.05, 4.69) is 16.0 Å². The van der Waals surface area contributed by atoms with Crippen LogP contribution in [-0.4, -0.2) is 104 Å². The predicted octanol–water partition coefficient (Wildman–Crippen LogP) is 2.17. The number of carbonyl (C=O) groups is 4. The summed E-state index contributed by atoms with van der Waals surface area (Å²) in [5, 5.41) is 8.07. The lowest BCUT2D eigenvalue weighted by Gasteiger charge is -2.29. The monoisotopic (exact) mass is 677 g/mol. The van der Waals surface area contributed by atoms with Gasteiger partial charge in [-0.05, 0) is 70.8 Å². The number of imidazole rings is 2. The molecule has 2 fully saturated rings. The number of aromatic nitrogens is 4. The van der Waals surface area contributed by atoms with Crippen molar-refractivity contribution < 1.29 is 28.0 Å². The summed E-state index contributed by atoms with van der Waals surface area (Å²) >= 11 is 0. The third kappa shape index (κ3) is 6.84. The number of hydrogen-bond acceptors (Lipinski definition) is 7. The molecule has 2 aromatic carbocycles. The minimum atomic E-state index is -0.727. The summed E-state index contributed by atoms with van der Waals surface area (Å²) in [5.74, 6) is -0.759. The van der Waals surface area contributed by atoms with Gasteiger partial charge in [-0.2, -0.15) is 0 Å². The Morgan fingerprint density at radius 3 is 1.80 bits per heavy atom. The quantitative estimate of drug-likeness (QED) is 0.195. The van der Waals surface area contributed by atoms with E-state index >= 15 is 0 Å². The molecule has 0 saturated carbocycles. The Kier molecular flexibility index (Phi) is 9.90. The smallest absolute Gasteiger partial charge is 0.245 e. The lowest BCUT2D eigenvalue weighted by atomic mass is 10.2. The van der Waals surface area contributed by atoms with Crippen molar-refractivity contribution in [2.24, 2.45) is 0 Å². The predicted molar refractivity (Wildman–Crippen MR) is 178 cm³/mol. The first-order valence-electron chi connectivity index (χ1n) is 16.7. The van der Waals surface area contributed by atoms with Crippen LogP contribution < -0.4 is 16.0 Å². The van der Waals surface area contributed by atoms with E-state index in [0.717, 1.165) is 12.8 Å². The molecule has 15 heteroatoms. The minimum Gasteiger partial charge on any atom is -0.347 e. The van der Waals surface area contributed by atoms with Gasteiger partial charge in [0.2, 0.25) is 24.1 Å². The van der Waals surface area contributed by atoms with Crippen LogP contribution in [0, 0.1) is 11.6 Å². The first-order chi connectivity index (χ1) is 23.6. The number of amides is 4. The molecule has 2 saturated heterocycles. The normalized spacial score (nSPS) is 19.0. The molecule has 3 N–H and O–H groups in total. The van der Waals surface area contributed by atoms with Gasteiger partial charge in [0, 0.05) is 50.4 Å². The van der Waals surface area contributed by atoms with Crippen LogP contribution in [0.1, 0.15) is 39.5 Å². The van der Waals surface area contributed by atoms with Gasteiger partial charge in [-0.25, -0.2) is 18.7 Å². The number of likely N-dealkylation sites (tertiary alicyclic amines) is 2. The van der Waals surface area contributed by atoms with Gasteiger partial charge in [0.15, 0.2) is 11.6 Å². The highest BCUT2D eigenvalue weighted by atomic mass is 19.1. The van der Waals surface area contributed by atoms with Crippen LogP contribution in [0.3, 0.4) is 0 Å². The third-order valence-corrected chi connectivity index (χ3v) is 9.50. The zero-order valence-electron chi connectivity index (χ0n) is 27.8. The van der Waals surface area contributed by atoms with Crippen molar-refractivity contribution in [2.45, 2.75) is 76.8 Å². The molecule has 4 aromatic rings. The Balaban J connectivity index is 1.40. The highest BCUT2D eigenvalue weighted by molar-refractivity contribution is 5.89. The van der Waals surface area contributed by atoms with Crippen molar-refractivity contribution >= 4 is 46.2 Å². The maximum Gasteiger partial charge on any atom is 0.245 e. The molecule has 4 unspecified atom stereocenters. The molecule has 2 aliphatic heterocycles. The highest BCUT2D eigenvalue weighted by Gasteiger charge is 2.35. The number of nitrogens with one attached hydrogen (secondary N) is 3. The Morgan fingerprint density at radius 1 is 0.837 bits per heavy atom. The minimum absolute atomic E-state index is 0.0916. The van der Waals surface area contributed by atoms with Crippen molar-refractivity contribution in [1.29, 1.82) is 0 Å². The molecule has 0 radical (unpaired) electrons. The van der Waals surface area contributed by atoms with Crippen LogP contribution in [0.25, 0.3) is 33.7 Å². The van der Waals surface area contributed by atoms with Gasteiger partial charge in [-0.15, -0.1) is 0 Å². The van der Waals surface area contributed by atoms with Crippen LogP contribution in [0.4, 0.5) is 8.78 Å². The number of carbonyl (C=O) groups excluding carboxylic acids is 4. The van der Waals surface area contributed by atoms with Crippen molar-refractivity contribution in [3.8, 4) is 11.6 Å². The fourth-order valence-corrected chi connectivity index (χ4v) is 7.16. The first kappa shape index (κ1) is 34.0. The van der Waals surface area contributed by atoms with Gasteiger partial charge in [0.05, 0.1) is 28.6 Å². The van der Waals surface area contributed by atoms with E-state index in [1.165, 1.54) is 24.3 Å². The molecular formula is C34H41F2N9O4. The SMILES string of the molecule is CNCC(=O)NC(C)C(=O)N1CCCC1Cn1c(-c2nc3cc(F)ccc3n2CC2CCCN2C(=O)C(C)NC=O)nc2cc(F)ccc21. The Morgan fingerprint density at radius 2 is 1.33 bits per heavy atom. The molecule has 260 valence electrons. The first-order valence-corrected chi connectivity index (χ1v) is 16.7. The summed E-state index contributed by atoms with van der Waals surface area (Å²) in [7, 11) is 1.66. The lowest BCUT2D eigenvalue weighted by molar-refractivity contribution is -0.136. The summed E-state index contributed by atoms with van der Waals surface area (Å²) in [6.45, 7) is 5.10. The van der Waals surface area contributed by atoms with Crippen molar-refractivity contribution in [3.63, 3.8) is 0 Å². The molecule has 13 nitrogen and oxygen atoms in total. The summed E-state index contributed by atoms with van der Waals surface area (Å²) in [5.41, 5.74) is 2.08. The fourth-order valence-electron chi connectivity index (χ4n) is 7.16. The number of benzene rings is 2.